The molecule has 0 saturated heterocycles. The maximum Gasteiger partial charge on any atom is 0.252 e. The lowest BCUT2D eigenvalue weighted by Gasteiger charge is -2.10. The van der Waals surface area contributed by atoms with Crippen molar-refractivity contribution in [2.45, 2.75) is 33.6 Å². The molecule has 2 aromatic rings. The molecule has 2 rings (SSSR count). The molecular formula is C14H20N6O2. The number of amides is 2. The number of hydrogen-bond acceptors (Lipinski definition) is 5. The van der Waals surface area contributed by atoms with E-state index in [2.05, 4.69) is 25.7 Å². The van der Waals surface area contributed by atoms with E-state index in [1.165, 1.54) is 6.33 Å². The normalized spacial score (nSPS) is 10.7. The Labute approximate surface area is 128 Å². The first-order chi connectivity index (χ1) is 10.5. The van der Waals surface area contributed by atoms with Crippen molar-refractivity contribution in [3.63, 3.8) is 0 Å². The van der Waals surface area contributed by atoms with Gasteiger partial charge in [0.2, 0.25) is 11.8 Å². The highest BCUT2D eigenvalue weighted by Crippen LogP contribution is 2.13. The first-order valence-electron chi connectivity index (χ1n) is 7.22. The summed E-state index contributed by atoms with van der Waals surface area (Å²) in [5.74, 6) is 0.103. The second kappa shape index (κ2) is 6.97. The SMILES string of the molecule is CCCNC(=O)CNC(=O)Cc1c(C)nc2ncnn2c1C. The van der Waals surface area contributed by atoms with Gasteiger partial charge in [0.25, 0.3) is 5.78 Å². The molecule has 0 bridgehead atoms. The van der Waals surface area contributed by atoms with Gasteiger partial charge < -0.3 is 10.6 Å². The zero-order chi connectivity index (χ0) is 16.1. The maximum absolute atomic E-state index is 12.0. The Hall–Kier alpha value is -2.51. The second-order valence-electron chi connectivity index (χ2n) is 5.04. The van der Waals surface area contributed by atoms with Crippen molar-refractivity contribution in [3.05, 3.63) is 23.3 Å². The van der Waals surface area contributed by atoms with Crippen LogP contribution in [-0.4, -0.2) is 44.5 Å². The quantitative estimate of drug-likeness (QED) is 0.777. The van der Waals surface area contributed by atoms with Crippen molar-refractivity contribution in [2.24, 2.45) is 0 Å². The smallest absolute Gasteiger partial charge is 0.252 e. The fourth-order valence-corrected chi connectivity index (χ4v) is 2.14. The Kier molecular flexibility index (Phi) is 5.03. The number of nitrogens with one attached hydrogen (secondary N) is 2. The van der Waals surface area contributed by atoms with Gasteiger partial charge in [-0.2, -0.15) is 10.1 Å². The summed E-state index contributed by atoms with van der Waals surface area (Å²) in [6.45, 7) is 6.26. The van der Waals surface area contributed by atoms with Crippen molar-refractivity contribution < 1.29 is 9.59 Å². The van der Waals surface area contributed by atoms with Gasteiger partial charge in [0, 0.05) is 23.5 Å². The van der Waals surface area contributed by atoms with E-state index >= 15 is 0 Å². The van der Waals surface area contributed by atoms with Crippen LogP contribution in [0, 0.1) is 13.8 Å². The number of aromatic nitrogens is 4. The summed E-state index contributed by atoms with van der Waals surface area (Å²) in [6, 6.07) is 0. The Morgan fingerprint density at radius 1 is 1.23 bits per heavy atom. The third-order valence-corrected chi connectivity index (χ3v) is 3.34. The van der Waals surface area contributed by atoms with E-state index in [1.54, 1.807) is 4.52 Å². The zero-order valence-corrected chi connectivity index (χ0v) is 13.0. The van der Waals surface area contributed by atoms with Crippen molar-refractivity contribution in [3.8, 4) is 0 Å². The van der Waals surface area contributed by atoms with E-state index in [9.17, 15) is 9.59 Å². The molecule has 2 aromatic heterocycles. The Morgan fingerprint density at radius 3 is 2.73 bits per heavy atom. The van der Waals surface area contributed by atoms with Crippen molar-refractivity contribution in [1.29, 1.82) is 0 Å². The first kappa shape index (κ1) is 15.9. The Morgan fingerprint density at radius 2 is 2.00 bits per heavy atom. The molecule has 0 spiro atoms. The molecule has 118 valence electrons. The van der Waals surface area contributed by atoms with Crippen LogP contribution in [0.15, 0.2) is 6.33 Å². The number of rotatable bonds is 6. The van der Waals surface area contributed by atoms with E-state index in [4.69, 9.17) is 0 Å². The van der Waals surface area contributed by atoms with Gasteiger partial charge in [0.05, 0.1) is 13.0 Å². The third kappa shape index (κ3) is 3.57. The standard InChI is InChI=1S/C14H20N6O2/c1-4-5-15-13(22)7-16-12(21)6-11-9(2)19-14-17-8-18-20(14)10(11)3/h8H,4-7H2,1-3H3,(H,15,22)(H,16,21). The summed E-state index contributed by atoms with van der Waals surface area (Å²) in [5.41, 5.74) is 2.36. The van der Waals surface area contributed by atoms with Gasteiger partial charge in [-0.1, -0.05) is 6.92 Å². The lowest BCUT2D eigenvalue weighted by Crippen LogP contribution is -2.38. The molecule has 22 heavy (non-hydrogen) atoms. The largest absolute Gasteiger partial charge is 0.355 e. The summed E-state index contributed by atoms with van der Waals surface area (Å²) in [7, 11) is 0. The number of nitrogens with zero attached hydrogens (tertiary/aromatic N) is 4. The zero-order valence-electron chi connectivity index (χ0n) is 13.0. The van der Waals surface area contributed by atoms with E-state index < -0.39 is 0 Å². The molecule has 0 radical (unpaired) electrons. The Bertz CT molecular complexity index is 694. The molecule has 0 fully saturated rings. The summed E-state index contributed by atoms with van der Waals surface area (Å²) in [4.78, 5) is 31.8. The minimum absolute atomic E-state index is 0.0179. The molecule has 0 saturated carbocycles. The van der Waals surface area contributed by atoms with Gasteiger partial charge in [-0.3, -0.25) is 9.59 Å². The molecule has 0 unspecified atom stereocenters. The maximum atomic E-state index is 12.0. The van der Waals surface area contributed by atoms with Crippen LogP contribution >= 0.6 is 0 Å². The van der Waals surface area contributed by atoms with Crippen LogP contribution < -0.4 is 10.6 Å². The van der Waals surface area contributed by atoms with E-state index in [0.717, 1.165) is 23.4 Å². The Balaban J connectivity index is 2.01. The minimum atomic E-state index is -0.223. The van der Waals surface area contributed by atoms with Gasteiger partial charge in [-0.05, 0) is 20.3 Å². The van der Waals surface area contributed by atoms with E-state index in [0.29, 0.717) is 12.3 Å². The molecule has 8 heteroatoms. The van der Waals surface area contributed by atoms with Crippen LogP contribution in [0.5, 0.6) is 0 Å². The number of aryl methyl sites for hydroxylation is 2. The minimum Gasteiger partial charge on any atom is -0.355 e. The summed E-state index contributed by atoms with van der Waals surface area (Å²) in [5, 5.41) is 9.40. The van der Waals surface area contributed by atoms with Gasteiger partial charge in [0.15, 0.2) is 0 Å². The summed E-state index contributed by atoms with van der Waals surface area (Å²) < 4.78 is 1.60. The first-order valence-corrected chi connectivity index (χ1v) is 7.22. The molecule has 0 aliphatic rings. The van der Waals surface area contributed by atoms with Crippen LogP contribution in [0.1, 0.15) is 30.3 Å². The molecule has 8 nitrogen and oxygen atoms in total. The van der Waals surface area contributed by atoms with Gasteiger partial charge in [-0.15, -0.1) is 0 Å². The van der Waals surface area contributed by atoms with Crippen LogP contribution in [0.3, 0.4) is 0 Å². The van der Waals surface area contributed by atoms with Crippen molar-refractivity contribution in [2.75, 3.05) is 13.1 Å². The molecule has 0 aromatic carbocycles. The molecule has 0 aliphatic carbocycles. The molecule has 2 N–H and O–H groups in total. The lowest BCUT2D eigenvalue weighted by molar-refractivity contribution is -0.125. The van der Waals surface area contributed by atoms with Crippen LogP contribution in [0.25, 0.3) is 5.78 Å². The van der Waals surface area contributed by atoms with Gasteiger partial charge in [-0.25, -0.2) is 9.50 Å². The van der Waals surface area contributed by atoms with Crippen molar-refractivity contribution in [1.82, 2.24) is 30.2 Å². The highest BCUT2D eigenvalue weighted by molar-refractivity contribution is 5.85. The predicted molar refractivity (Wildman–Crippen MR) is 80.3 cm³/mol. The van der Waals surface area contributed by atoms with Gasteiger partial charge in [0.1, 0.15) is 6.33 Å². The highest BCUT2D eigenvalue weighted by atomic mass is 16.2. The molecule has 2 heterocycles. The number of carbonyl (C=O) groups is 2. The highest BCUT2D eigenvalue weighted by Gasteiger charge is 2.14. The average molecular weight is 304 g/mol. The van der Waals surface area contributed by atoms with E-state index in [1.807, 2.05) is 20.8 Å². The molecule has 0 aliphatic heterocycles. The summed E-state index contributed by atoms with van der Waals surface area (Å²) >= 11 is 0. The fraction of sp³-hybridized carbons (Fsp3) is 0.500. The van der Waals surface area contributed by atoms with Gasteiger partial charge >= 0.3 is 0 Å². The van der Waals surface area contributed by atoms with Crippen molar-refractivity contribution >= 4 is 17.6 Å². The van der Waals surface area contributed by atoms with Crippen LogP contribution in [0.2, 0.25) is 0 Å². The number of carbonyl (C=O) groups excluding carboxylic acids is 2. The van der Waals surface area contributed by atoms with Crippen LogP contribution in [0.4, 0.5) is 0 Å². The topological polar surface area (TPSA) is 101 Å². The molecule has 2 amide bonds. The van der Waals surface area contributed by atoms with Crippen LogP contribution in [-0.2, 0) is 16.0 Å². The monoisotopic (exact) mass is 304 g/mol. The second-order valence-corrected chi connectivity index (χ2v) is 5.04. The lowest BCUT2D eigenvalue weighted by atomic mass is 10.1. The number of fused-ring (bicyclic) bond motifs is 1. The third-order valence-electron chi connectivity index (χ3n) is 3.34. The van der Waals surface area contributed by atoms with E-state index in [-0.39, 0.29) is 24.8 Å². The molecular weight excluding hydrogens is 284 g/mol. The predicted octanol–water partition coefficient (Wildman–Crippen LogP) is -0.0740. The summed E-state index contributed by atoms with van der Waals surface area (Å²) in [6.07, 6.45) is 2.44. The fourth-order valence-electron chi connectivity index (χ4n) is 2.14. The number of hydrogen-bond donors (Lipinski definition) is 2. The molecule has 0 atom stereocenters. The average Bonchev–Trinajstić information content (AvgIpc) is 2.95.